The first-order valence-electron chi connectivity index (χ1n) is 10.7. The van der Waals surface area contributed by atoms with Crippen molar-refractivity contribution in [2.75, 3.05) is 16.8 Å². The lowest BCUT2D eigenvalue weighted by Crippen LogP contribution is -2.33. The normalized spacial score (nSPS) is 10.7. The second-order valence-electron chi connectivity index (χ2n) is 7.89. The maximum absolute atomic E-state index is 12.9. The number of carbonyl (C=O) groups excluding carboxylic acids is 1. The van der Waals surface area contributed by atoms with E-state index in [4.69, 9.17) is 0 Å². The van der Waals surface area contributed by atoms with Crippen molar-refractivity contribution in [1.82, 2.24) is 14.8 Å². The summed E-state index contributed by atoms with van der Waals surface area (Å²) in [6.07, 6.45) is 3.58. The molecule has 162 valence electrons. The Balaban J connectivity index is 1.45. The molecule has 0 spiro atoms. The van der Waals surface area contributed by atoms with Crippen LogP contribution in [0.3, 0.4) is 0 Å². The topological polar surface area (TPSA) is 63.1 Å². The molecule has 0 atom stereocenters. The first kappa shape index (κ1) is 21.3. The maximum atomic E-state index is 12.9. The molecule has 32 heavy (non-hydrogen) atoms. The summed E-state index contributed by atoms with van der Waals surface area (Å²) in [4.78, 5) is 19.2. The number of nitrogens with one attached hydrogen (secondary N) is 1. The molecule has 0 saturated carbocycles. The van der Waals surface area contributed by atoms with Gasteiger partial charge >= 0.3 is 0 Å². The molecule has 2 heterocycles. The standard InChI is InChI=1S/C26H27N5O/c1-20-14-21(2)31(29-20)18-22-8-6-10-24(15-22)28-26(32)19-30(25-11-4-3-5-12-25)17-23-9-7-13-27-16-23/h3-16H,17-19H2,1-2H3,(H,28,32). The summed E-state index contributed by atoms with van der Waals surface area (Å²) < 4.78 is 1.97. The minimum Gasteiger partial charge on any atom is -0.358 e. The molecule has 0 radical (unpaired) electrons. The molecule has 0 saturated heterocycles. The monoisotopic (exact) mass is 425 g/mol. The fourth-order valence-corrected chi connectivity index (χ4v) is 3.72. The predicted molar refractivity (Wildman–Crippen MR) is 128 cm³/mol. The van der Waals surface area contributed by atoms with Gasteiger partial charge in [0.05, 0.1) is 18.8 Å². The van der Waals surface area contributed by atoms with Crippen molar-refractivity contribution >= 4 is 17.3 Å². The highest BCUT2D eigenvalue weighted by Gasteiger charge is 2.13. The smallest absolute Gasteiger partial charge is 0.243 e. The Bertz CT molecular complexity index is 1170. The van der Waals surface area contributed by atoms with Gasteiger partial charge in [0.25, 0.3) is 0 Å². The predicted octanol–water partition coefficient (Wildman–Crippen LogP) is 4.59. The number of nitrogens with zero attached hydrogens (tertiary/aromatic N) is 4. The number of anilines is 2. The lowest BCUT2D eigenvalue weighted by molar-refractivity contribution is -0.115. The Hall–Kier alpha value is -3.93. The minimum atomic E-state index is -0.0685. The van der Waals surface area contributed by atoms with E-state index in [2.05, 4.69) is 21.5 Å². The molecular formula is C26H27N5O. The first-order chi connectivity index (χ1) is 15.6. The van der Waals surface area contributed by atoms with Gasteiger partial charge in [0.2, 0.25) is 5.91 Å². The van der Waals surface area contributed by atoms with Crippen molar-refractivity contribution in [2.45, 2.75) is 26.9 Å². The lowest BCUT2D eigenvalue weighted by Gasteiger charge is -2.24. The second kappa shape index (κ2) is 9.92. The van der Waals surface area contributed by atoms with Crippen molar-refractivity contribution in [1.29, 1.82) is 0 Å². The second-order valence-corrected chi connectivity index (χ2v) is 7.89. The molecule has 1 N–H and O–H groups in total. The summed E-state index contributed by atoms with van der Waals surface area (Å²) in [5, 5.41) is 7.57. The molecule has 0 bridgehead atoms. The molecule has 4 aromatic rings. The molecule has 0 aliphatic heterocycles. The van der Waals surface area contributed by atoms with Gasteiger partial charge in [-0.25, -0.2) is 0 Å². The third kappa shape index (κ3) is 5.60. The molecule has 6 heteroatoms. The number of aromatic nitrogens is 3. The summed E-state index contributed by atoms with van der Waals surface area (Å²) in [5.41, 5.74) is 6.03. The largest absolute Gasteiger partial charge is 0.358 e. The molecule has 0 aliphatic rings. The third-order valence-corrected chi connectivity index (χ3v) is 5.20. The Morgan fingerprint density at radius 3 is 2.50 bits per heavy atom. The van der Waals surface area contributed by atoms with Crippen LogP contribution >= 0.6 is 0 Å². The highest BCUT2D eigenvalue weighted by molar-refractivity contribution is 5.94. The van der Waals surface area contributed by atoms with Crippen LogP contribution in [0.4, 0.5) is 11.4 Å². The van der Waals surface area contributed by atoms with Crippen LogP contribution in [-0.4, -0.2) is 27.2 Å². The van der Waals surface area contributed by atoms with E-state index >= 15 is 0 Å². The van der Waals surface area contributed by atoms with E-state index in [1.807, 2.05) is 96.4 Å². The van der Waals surface area contributed by atoms with Crippen molar-refractivity contribution in [3.05, 3.63) is 108 Å². The van der Waals surface area contributed by atoms with Gasteiger partial charge in [-0.1, -0.05) is 36.4 Å². The number of hydrogen-bond acceptors (Lipinski definition) is 4. The fourth-order valence-electron chi connectivity index (χ4n) is 3.72. The average molecular weight is 426 g/mol. The molecule has 2 aromatic heterocycles. The fraction of sp³-hybridized carbons (Fsp3) is 0.192. The first-order valence-corrected chi connectivity index (χ1v) is 10.7. The zero-order valence-corrected chi connectivity index (χ0v) is 18.4. The van der Waals surface area contributed by atoms with Gasteiger partial charge in [-0.3, -0.25) is 14.5 Å². The third-order valence-electron chi connectivity index (χ3n) is 5.20. The van der Waals surface area contributed by atoms with Crippen LogP contribution in [-0.2, 0) is 17.9 Å². The molecule has 1 amide bonds. The van der Waals surface area contributed by atoms with Gasteiger partial charge in [-0.2, -0.15) is 5.10 Å². The number of benzene rings is 2. The molecular weight excluding hydrogens is 398 g/mol. The van der Waals surface area contributed by atoms with E-state index in [0.717, 1.165) is 33.9 Å². The highest BCUT2D eigenvalue weighted by Crippen LogP contribution is 2.18. The Morgan fingerprint density at radius 2 is 1.78 bits per heavy atom. The molecule has 0 fully saturated rings. The van der Waals surface area contributed by atoms with E-state index in [0.29, 0.717) is 13.1 Å². The quantitative estimate of drug-likeness (QED) is 0.449. The van der Waals surface area contributed by atoms with Crippen LogP contribution in [0.1, 0.15) is 22.5 Å². The minimum absolute atomic E-state index is 0.0685. The number of amides is 1. The lowest BCUT2D eigenvalue weighted by atomic mass is 10.2. The molecule has 0 aliphatic carbocycles. The Kier molecular flexibility index (Phi) is 6.60. The van der Waals surface area contributed by atoms with Gasteiger partial charge in [0, 0.05) is 36.0 Å². The Morgan fingerprint density at radius 1 is 0.969 bits per heavy atom. The van der Waals surface area contributed by atoms with Gasteiger partial charge in [0.15, 0.2) is 0 Å². The van der Waals surface area contributed by atoms with Gasteiger partial charge in [0.1, 0.15) is 0 Å². The van der Waals surface area contributed by atoms with E-state index in [9.17, 15) is 4.79 Å². The van der Waals surface area contributed by atoms with Crippen LogP contribution in [0.25, 0.3) is 0 Å². The van der Waals surface area contributed by atoms with Crippen molar-refractivity contribution in [3.8, 4) is 0 Å². The number of aryl methyl sites for hydroxylation is 2. The number of rotatable bonds is 8. The number of hydrogen-bond donors (Lipinski definition) is 1. The average Bonchev–Trinajstić information content (AvgIpc) is 3.11. The van der Waals surface area contributed by atoms with Crippen LogP contribution in [0.15, 0.2) is 85.2 Å². The van der Waals surface area contributed by atoms with Gasteiger partial charge in [-0.05, 0) is 61.4 Å². The SMILES string of the molecule is Cc1cc(C)n(Cc2cccc(NC(=O)CN(Cc3cccnc3)c3ccccc3)c2)n1. The zero-order valence-electron chi connectivity index (χ0n) is 18.4. The summed E-state index contributed by atoms with van der Waals surface area (Å²) in [6.45, 7) is 5.54. The summed E-state index contributed by atoms with van der Waals surface area (Å²) in [6, 6.07) is 23.9. The van der Waals surface area contributed by atoms with Gasteiger partial charge < -0.3 is 10.2 Å². The van der Waals surface area contributed by atoms with E-state index < -0.39 is 0 Å². The van der Waals surface area contributed by atoms with E-state index in [1.54, 1.807) is 6.20 Å². The van der Waals surface area contributed by atoms with E-state index in [1.165, 1.54) is 0 Å². The van der Waals surface area contributed by atoms with Crippen molar-refractivity contribution < 1.29 is 4.79 Å². The highest BCUT2D eigenvalue weighted by atomic mass is 16.2. The van der Waals surface area contributed by atoms with E-state index in [-0.39, 0.29) is 12.5 Å². The molecule has 6 nitrogen and oxygen atoms in total. The molecule has 2 aromatic carbocycles. The van der Waals surface area contributed by atoms with Crippen LogP contribution in [0.5, 0.6) is 0 Å². The van der Waals surface area contributed by atoms with Crippen LogP contribution in [0.2, 0.25) is 0 Å². The van der Waals surface area contributed by atoms with Crippen molar-refractivity contribution in [3.63, 3.8) is 0 Å². The van der Waals surface area contributed by atoms with Gasteiger partial charge in [-0.15, -0.1) is 0 Å². The molecule has 4 rings (SSSR count). The summed E-state index contributed by atoms with van der Waals surface area (Å²) in [7, 11) is 0. The zero-order chi connectivity index (χ0) is 22.3. The number of para-hydroxylation sites is 1. The van der Waals surface area contributed by atoms with Crippen LogP contribution < -0.4 is 10.2 Å². The molecule has 0 unspecified atom stereocenters. The van der Waals surface area contributed by atoms with Crippen molar-refractivity contribution in [2.24, 2.45) is 0 Å². The number of carbonyl (C=O) groups is 1. The maximum Gasteiger partial charge on any atom is 0.243 e. The number of pyridine rings is 1. The van der Waals surface area contributed by atoms with Crippen LogP contribution in [0, 0.1) is 13.8 Å². The summed E-state index contributed by atoms with van der Waals surface area (Å²) >= 11 is 0. The Labute approximate surface area is 188 Å². The summed E-state index contributed by atoms with van der Waals surface area (Å²) in [5.74, 6) is -0.0685.